The molecule has 7 nitrogen and oxygen atoms in total. The third-order valence-electron chi connectivity index (χ3n) is 6.11. The highest BCUT2D eigenvalue weighted by Gasteiger charge is 2.47. The number of hydrogen-bond acceptors (Lipinski definition) is 5. The van der Waals surface area contributed by atoms with Gasteiger partial charge in [-0.25, -0.2) is 4.98 Å². The Hall–Kier alpha value is -3.35. The van der Waals surface area contributed by atoms with E-state index in [2.05, 4.69) is 20.8 Å². The Balaban J connectivity index is 1.88. The number of ether oxygens (including phenoxy) is 2. The molecule has 34 heavy (non-hydrogen) atoms. The molecule has 1 aliphatic rings. The number of imidazole rings is 1. The fraction of sp³-hybridized carbons (Fsp3) is 0.444. The molecule has 4 rings (SSSR count). The van der Waals surface area contributed by atoms with Crippen molar-refractivity contribution >= 4 is 28.9 Å². The van der Waals surface area contributed by atoms with Gasteiger partial charge in [0.2, 0.25) is 11.9 Å². The highest BCUT2D eigenvalue weighted by Crippen LogP contribution is 2.41. The lowest BCUT2D eigenvalue weighted by molar-refractivity contribution is -0.153. The van der Waals surface area contributed by atoms with Crippen molar-refractivity contribution in [2.75, 3.05) is 24.7 Å². The molecule has 2 atom stereocenters. The van der Waals surface area contributed by atoms with Gasteiger partial charge in [-0.15, -0.1) is 0 Å². The van der Waals surface area contributed by atoms with E-state index in [9.17, 15) is 9.59 Å². The molecule has 2 aromatic carbocycles. The first-order valence-corrected chi connectivity index (χ1v) is 12.1. The van der Waals surface area contributed by atoms with E-state index in [1.54, 1.807) is 11.8 Å². The lowest BCUT2D eigenvalue weighted by atomic mass is 9.89. The van der Waals surface area contributed by atoms with Gasteiger partial charge in [-0.3, -0.25) is 14.5 Å². The van der Waals surface area contributed by atoms with Crippen molar-refractivity contribution in [3.05, 3.63) is 54.1 Å². The average molecular weight is 464 g/mol. The molecule has 0 fully saturated rings. The van der Waals surface area contributed by atoms with Gasteiger partial charge in [0.25, 0.3) is 0 Å². The van der Waals surface area contributed by atoms with Crippen molar-refractivity contribution in [1.29, 1.82) is 0 Å². The van der Waals surface area contributed by atoms with Gasteiger partial charge in [0.15, 0.2) is 5.92 Å². The highest BCUT2D eigenvalue weighted by molar-refractivity contribution is 6.08. The van der Waals surface area contributed by atoms with E-state index >= 15 is 0 Å². The molecule has 0 N–H and O–H groups in total. The summed E-state index contributed by atoms with van der Waals surface area (Å²) >= 11 is 0. The maximum absolute atomic E-state index is 13.8. The van der Waals surface area contributed by atoms with Crippen LogP contribution in [0.3, 0.4) is 0 Å². The highest BCUT2D eigenvalue weighted by atomic mass is 16.5. The topological polar surface area (TPSA) is 73.7 Å². The van der Waals surface area contributed by atoms with E-state index in [1.165, 1.54) is 0 Å². The van der Waals surface area contributed by atoms with Crippen LogP contribution in [0.25, 0.3) is 11.0 Å². The number of amides is 1. The van der Waals surface area contributed by atoms with Crippen LogP contribution < -0.4 is 9.64 Å². The summed E-state index contributed by atoms with van der Waals surface area (Å²) in [6, 6.07) is 14.9. The number of hydrogen-bond donors (Lipinski definition) is 0. The second kappa shape index (κ2) is 10.3. The van der Waals surface area contributed by atoms with E-state index in [1.807, 2.05) is 53.1 Å². The summed E-state index contributed by atoms with van der Waals surface area (Å²) in [5.74, 6) is -0.0434. The molecule has 180 valence electrons. The van der Waals surface area contributed by atoms with Gasteiger partial charge in [0.05, 0.1) is 30.3 Å². The summed E-state index contributed by atoms with van der Waals surface area (Å²) < 4.78 is 13.2. The Morgan fingerprint density at radius 1 is 1.09 bits per heavy atom. The zero-order chi connectivity index (χ0) is 24.2. The number of fused-ring (bicyclic) bond motifs is 3. The van der Waals surface area contributed by atoms with Crippen molar-refractivity contribution in [2.24, 2.45) is 11.8 Å². The first-order chi connectivity index (χ1) is 16.5. The van der Waals surface area contributed by atoms with Crippen molar-refractivity contribution in [3.8, 4) is 5.75 Å². The van der Waals surface area contributed by atoms with Crippen LogP contribution in [-0.4, -0.2) is 41.2 Å². The molecule has 0 saturated heterocycles. The lowest BCUT2D eigenvalue weighted by Crippen LogP contribution is -2.50. The van der Waals surface area contributed by atoms with Gasteiger partial charge in [0, 0.05) is 6.54 Å². The van der Waals surface area contributed by atoms with Crippen LogP contribution >= 0.6 is 0 Å². The molecule has 0 bridgehead atoms. The number of nitrogens with zero attached hydrogens (tertiary/aromatic N) is 3. The Bertz CT molecular complexity index is 1150. The molecule has 2 heterocycles. The summed E-state index contributed by atoms with van der Waals surface area (Å²) in [4.78, 5) is 33.5. The van der Waals surface area contributed by atoms with Crippen molar-refractivity contribution in [3.63, 3.8) is 0 Å². The first-order valence-electron chi connectivity index (χ1n) is 12.1. The average Bonchev–Trinajstić information content (AvgIpc) is 3.21. The predicted octanol–water partition coefficient (Wildman–Crippen LogP) is 4.99. The normalized spacial score (nSPS) is 17.8. The SMILES string of the molecule is CCCOc1ccc([C@H]2[C@@H](C(=O)OCC)C(=O)N(CCC(C)C)c3nc4ccccc4n32)cc1. The van der Waals surface area contributed by atoms with Crippen LogP contribution in [0.2, 0.25) is 0 Å². The molecule has 0 unspecified atom stereocenters. The molecule has 3 aromatic rings. The second-order valence-electron chi connectivity index (χ2n) is 9.03. The molecule has 0 spiro atoms. The summed E-state index contributed by atoms with van der Waals surface area (Å²) in [5.41, 5.74) is 2.51. The van der Waals surface area contributed by atoms with Gasteiger partial charge < -0.3 is 14.0 Å². The standard InChI is InChI=1S/C27H33N3O4/c1-5-17-34-20-13-11-19(12-14-20)24-23(26(32)33-6-2)25(31)29(16-15-18(3)4)27-28-21-9-7-8-10-22(21)30(24)27/h7-14,18,23-24H,5-6,15-17H2,1-4H3/t23-,24+/m1/s1. The number of esters is 1. The summed E-state index contributed by atoms with van der Waals surface area (Å²) in [6.45, 7) is 9.39. The Kier molecular flexibility index (Phi) is 7.20. The number of rotatable bonds is 9. The number of aromatic nitrogens is 2. The Morgan fingerprint density at radius 3 is 2.50 bits per heavy atom. The van der Waals surface area contributed by atoms with E-state index in [4.69, 9.17) is 14.5 Å². The van der Waals surface area contributed by atoms with Crippen LogP contribution in [0.4, 0.5) is 5.95 Å². The number of carbonyl (C=O) groups is 2. The Morgan fingerprint density at radius 2 is 1.82 bits per heavy atom. The lowest BCUT2D eigenvalue weighted by Gasteiger charge is -2.38. The smallest absolute Gasteiger partial charge is 0.321 e. The molecular formula is C27H33N3O4. The molecular weight excluding hydrogens is 430 g/mol. The van der Waals surface area contributed by atoms with Crippen LogP contribution in [0.15, 0.2) is 48.5 Å². The molecule has 0 aliphatic carbocycles. The molecule has 0 saturated carbocycles. The Labute approximate surface area is 200 Å². The van der Waals surface area contributed by atoms with E-state index in [0.717, 1.165) is 35.2 Å². The van der Waals surface area contributed by atoms with Crippen LogP contribution in [0.1, 0.15) is 52.1 Å². The van der Waals surface area contributed by atoms with E-state index in [0.29, 0.717) is 25.0 Å². The maximum atomic E-state index is 13.8. The van der Waals surface area contributed by atoms with Crippen LogP contribution in [-0.2, 0) is 14.3 Å². The molecule has 1 amide bonds. The minimum Gasteiger partial charge on any atom is -0.494 e. The van der Waals surface area contributed by atoms with Crippen LogP contribution in [0, 0.1) is 11.8 Å². The maximum Gasteiger partial charge on any atom is 0.321 e. The van der Waals surface area contributed by atoms with Gasteiger partial charge in [0.1, 0.15) is 5.75 Å². The largest absolute Gasteiger partial charge is 0.494 e. The first kappa shape index (κ1) is 23.8. The van der Waals surface area contributed by atoms with Crippen molar-refractivity contribution in [1.82, 2.24) is 9.55 Å². The fourth-order valence-corrected chi connectivity index (χ4v) is 4.43. The summed E-state index contributed by atoms with van der Waals surface area (Å²) in [7, 11) is 0. The van der Waals surface area contributed by atoms with Gasteiger partial charge in [-0.05, 0) is 55.5 Å². The van der Waals surface area contributed by atoms with Crippen molar-refractivity contribution in [2.45, 2.75) is 46.6 Å². The molecule has 7 heteroatoms. The number of anilines is 1. The van der Waals surface area contributed by atoms with Crippen molar-refractivity contribution < 1.29 is 19.1 Å². The molecule has 1 aliphatic heterocycles. The summed E-state index contributed by atoms with van der Waals surface area (Å²) in [5, 5.41) is 0. The predicted molar refractivity (Wildman–Crippen MR) is 132 cm³/mol. The number of para-hydroxylation sites is 2. The quantitative estimate of drug-likeness (QED) is 0.330. The zero-order valence-electron chi connectivity index (χ0n) is 20.4. The van der Waals surface area contributed by atoms with Gasteiger partial charge in [-0.1, -0.05) is 45.0 Å². The van der Waals surface area contributed by atoms with Crippen LogP contribution in [0.5, 0.6) is 5.75 Å². The fourth-order valence-electron chi connectivity index (χ4n) is 4.43. The third-order valence-corrected chi connectivity index (χ3v) is 6.11. The molecule has 0 radical (unpaired) electrons. The minimum absolute atomic E-state index is 0.211. The van der Waals surface area contributed by atoms with E-state index < -0.39 is 17.9 Å². The van der Waals surface area contributed by atoms with Gasteiger partial charge >= 0.3 is 5.97 Å². The monoisotopic (exact) mass is 463 g/mol. The minimum atomic E-state index is -1.00. The van der Waals surface area contributed by atoms with E-state index in [-0.39, 0.29) is 12.5 Å². The molecule has 1 aromatic heterocycles. The van der Waals surface area contributed by atoms with Gasteiger partial charge in [-0.2, -0.15) is 0 Å². The zero-order valence-corrected chi connectivity index (χ0v) is 20.4. The third kappa shape index (κ3) is 4.52. The number of benzene rings is 2. The number of carbonyl (C=O) groups excluding carboxylic acids is 2. The summed E-state index contributed by atoms with van der Waals surface area (Å²) in [6.07, 6.45) is 1.72. The second-order valence-corrected chi connectivity index (χ2v) is 9.03.